The number of nitrogens with zero attached hydrogens (tertiary/aromatic N) is 4. The average molecular weight is 496 g/mol. The first-order valence-electron chi connectivity index (χ1n) is 9.48. The quantitative estimate of drug-likeness (QED) is 0.181. The van der Waals surface area contributed by atoms with Crippen molar-refractivity contribution in [3.05, 3.63) is 92.0 Å². The predicted octanol–water partition coefficient (Wildman–Crippen LogP) is 6.55. The molecule has 0 aliphatic carbocycles. The third kappa shape index (κ3) is 4.37. The lowest BCUT2D eigenvalue weighted by atomic mass is 10.0. The lowest BCUT2D eigenvalue weighted by molar-refractivity contribution is -0.385. The van der Waals surface area contributed by atoms with Crippen molar-refractivity contribution < 1.29 is 36.2 Å². The van der Waals surface area contributed by atoms with Crippen molar-refractivity contribution in [1.29, 1.82) is 0 Å². The first kappa shape index (κ1) is 23.7. The standard InChI is InChI=1S/C21H10F6N4O4/c22-20(23,24)11-2-1-3-12(8-11)29-18-7-5-14(31(34)35)10-17(18)28-19(29)15-6-4-13(30(32)33)9-16(15)21(25,26)27/h1-10H. The molecule has 35 heavy (non-hydrogen) atoms. The van der Waals surface area contributed by atoms with Gasteiger partial charge in [0.25, 0.3) is 11.4 Å². The molecule has 0 unspecified atom stereocenters. The van der Waals surface area contributed by atoms with Gasteiger partial charge in [0, 0.05) is 35.5 Å². The molecule has 0 N–H and O–H groups in total. The Hall–Kier alpha value is -4.49. The molecule has 0 saturated carbocycles. The zero-order valence-corrected chi connectivity index (χ0v) is 17.0. The van der Waals surface area contributed by atoms with E-state index in [1.165, 1.54) is 6.07 Å². The van der Waals surface area contributed by atoms with Crippen molar-refractivity contribution >= 4 is 22.4 Å². The average Bonchev–Trinajstić information content (AvgIpc) is 3.16. The maximum absolute atomic E-state index is 13.9. The number of halogens is 6. The molecule has 0 saturated heterocycles. The fourth-order valence-electron chi connectivity index (χ4n) is 3.52. The summed E-state index contributed by atoms with van der Waals surface area (Å²) in [5, 5.41) is 22.2. The van der Waals surface area contributed by atoms with Crippen molar-refractivity contribution in [2.24, 2.45) is 0 Å². The maximum atomic E-state index is 13.9. The molecule has 1 heterocycles. The Morgan fingerprint density at radius 3 is 2.00 bits per heavy atom. The summed E-state index contributed by atoms with van der Waals surface area (Å²) < 4.78 is 82.5. The highest BCUT2D eigenvalue weighted by Crippen LogP contribution is 2.41. The summed E-state index contributed by atoms with van der Waals surface area (Å²) >= 11 is 0. The molecule has 0 aliphatic rings. The fraction of sp³-hybridized carbons (Fsp3) is 0.0952. The second-order valence-electron chi connectivity index (χ2n) is 7.23. The second kappa shape index (κ2) is 8.07. The van der Waals surface area contributed by atoms with Gasteiger partial charge in [0.2, 0.25) is 0 Å². The van der Waals surface area contributed by atoms with Gasteiger partial charge in [-0.15, -0.1) is 0 Å². The van der Waals surface area contributed by atoms with E-state index in [0.717, 1.165) is 47.0 Å². The van der Waals surface area contributed by atoms with Crippen LogP contribution in [0.3, 0.4) is 0 Å². The van der Waals surface area contributed by atoms with Gasteiger partial charge in [-0.1, -0.05) is 6.07 Å². The number of alkyl halides is 6. The van der Waals surface area contributed by atoms with E-state index in [0.29, 0.717) is 6.07 Å². The van der Waals surface area contributed by atoms with Crippen LogP contribution in [-0.4, -0.2) is 19.4 Å². The van der Waals surface area contributed by atoms with Crippen molar-refractivity contribution in [3.63, 3.8) is 0 Å². The van der Waals surface area contributed by atoms with Gasteiger partial charge in [-0.05, 0) is 30.3 Å². The van der Waals surface area contributed by atoms with Gasteiger partial charge >= 0.3 is 12.4 Å². The van der Waals surface area contributed by atoms with Crippen LogP contribution in [0, 0.1) is 20.2 Å². The van der Waals surface area contributed by atoms with Gasteiger partial charge in [-0.25, -0.2) is 4.98 Å². The van der Waals surface area contributed by atoms with E-state index in [4.69, 9.17) is 0 Å². The van der Waals surface area contributed by atoms with Crippen molar-refractivity contribution in [2.75, 3.05) is 0 Å². The summed E-state index contributed by atoms with van der Waals surface area (Å²) in [6, 6.07) is 8.67. The van der Waals surface area contributed by atoms with Gasteiger partial charge in [0.15, 0.2) is 0 Å². The van der Waals surface area contributed by atoms with E-state index < -0.39 is 56.1 Å². The maximum Gasteiger partial charge on any atom is 0.417 e. The summed E-state index contributed by atoms with van der Waals surface area (Å²) in [7, 11) is 0. The second-order valence-corrected chi connectivity index (χ2v) is 7.23. The van der Waals surface area contributed by atoms with Gasteiger partial charge in [0.1, 0.15) is 5.82 Å². The molecule has 0 amide bonds. The lowest BCUT2D eigenvalue weighted by Crippen LogP contribution is -2.10. The Morgan fingerprint density at radius 2 is 1.40 bits per heavy atom. The molecule has 0 atom stereocenters. The van der Waals surface area contributed by atoms with E-state index in [9.17, 15) is 46.6 Å². The zero-order chi connectivity index (χ0) is 25.7. The van der Waals surface area contributed by atoms with Crippen molar-refractivity contribution in [1.82, 2.24) is 9.55 Å². The van der Waals surface area contributed by atoms with Crippen LogP contribution in [-0.2, 0) is 12.4 Å². The Kier molecular flexibility index (Phi) is 5.46. The molecule has 4 rings (SSSR count). The van der Waals surface area contributed by atoms with Crippen LogP contribution in [0.2, 0.25) is 0 Å². The largest absolute Gasteiger partial charge is 0.417 e. The van der Waals surface area contributed by atoms with E-state index in [-0.39, 0.29) is 22.8 Å². The van der Waals surface area contributed by atoms with Crippen molar-refractivity contribution in [3.8, 4) is 17.1 Å². The van der Waals surface area contributed by atoms with Crippen LogP contribution >= 0.6 is 0 Å². The molecule has 1 aromatic heterocycles. The SMILES string of the molecule is O=[N+]([O-])c1ccc(-c2nc3cc([N+](=O)[O-])ccc3n2-c2cccc(C(F)(F)F)c2)c(C(F)(F)F)c1. The lowest BCUT2D eigenvalue weighted by Gasteiger charge is -2.16. The van der Waals surface area contributed by atoms with E-state index in [1.807, 2.05) is 0 Å². The highest BCUT2D eigenvalue weighted by molar-refractivity contribution is 5.86. The Morgan fingerprint density at radius 1 is 0.771 bits per heavy atom. The number of fused-ring (bicyclic) bond motifs is 1. The third-order valence-electron chi connectivity index (χ3n) is 5.04. The molecule has 3 aromatic carbocycles. The summed E-state index contributed by atoms with van der Waals surface area (Å²) in [4.78, 5) is 24.4. The number of hydrogen-bond acceptors (Lipinski definition) is 5. The first-order chi connectivity index (χ1) is 16.3. The molecule has 0 fully saturated rings. The number of non-ortho nitro benzene ring substituents is 2. The monoisotopic (exact) mass is 496 g/mol. The number of nitro benzene ring substituents is 2. The summed E-state index contributed by atoms with van der Waals surface area (Å²) in [5.74, 6) is -0.512. The molecule has 0 radical (unpaired) electrons. The van der Waals surface area contributed by atoms with Crippen LogP contribution in [0.1, 0.15) is 11.1 Å². The zero-order valence-electron chi connectivity index (χ0n) is 17.0. The minimum Gasteiger partial charge on any atom is -0.292 e. The topological polar surface area (TPSA) is 104 Å². The number of benzene rings is 3. The first-order valence-corrected chi connectivity index (χ1v) is 9.48. The molecular weight excluding hydrogens is 486 g/mol. The molecule has 0 spiro atoms. The smallest absolute Gasteiger partial charge is 0.292 e. The number of nitro groups is 2. The van der Waals surface area contributed by atoms with Crippen molar-refractivity contribution in [2.45, 2.75) is 12.4 Å². The number of hydrogen-bond donors (Lipinski definition) is 0. The van der Waals surface area contributed by atoms with Crippen LogP contribution in [0.25, 0.3) is 28.1 Å². The highest BCUT2D eigenvalue weighted by Gasteiger charge is 2.37. The van der Waals surface area contributed by atoms with Crippen LogP contribution < -0.4 is 0 Å². The Labute approximate surface area is 190 Å². The molecular formula is C21H10F6N4O4. The Balaban J connectivity index is 2.10. The molecule has 0 bridgehead atoms. The molecule has 14 heteroatoms. The third-order valence-corrected chi connectivity index (χ3v) is 5.04. The normalized spacial score (nSPS) is 12.2. The van der Waals surface area contributed by atoms with Gasteiger partial charge in [-0.3, -0.25) is 24.8 Å². The summed E-state index contributed by atoms with van der Waals surface area (Å²) in [6.07, 6.45) is -9.86. The minimum atomic E-state index is -5.09. The van der Waals surface area contributed by atoms with Gasteiger partial charge in [-0.2, -0.15) is 26.3 Å². The highest BCUT2D eigenvalue weighted by atomic mass is 19.4. The van der Waals surface area contributed by atoms with E-state index >= 15 is 0 Å². The van der Waals surface area contributed by atoms with Crippen LogP contribution in [0.4, 0.5) is 37.7 Å². The van der Waals surface area contributed by atoms with E-state index in [1.54, 1.807) is 0 Å². The fourth-order valence-corrected chi connectivity index (χ4v) is 3.52. The van der Waals surface area contributed by atoms with E-state index in [2.05, 4.69) is 4.98 Å². The van der Waals surface area contributed by atoms with Crippen LogP contribution in [0.5, 0.6) is 0 Å². The summed E-state index contributed by atoms with van der Waals surface area (Å²) in [6.45, 7) is 0. The number of rotatable bonds is 4. The number of imidazole rings is 1. The molecule has 4 aromatic rings. The van der Waals surface area contributed by atoms with Gasteiger partial charge in [0.05, 0.1) is 32.0 Å². The number of aromatic nitrogens is 2. The Bertz CT molecular complexity index is 1490. The predicted molar refractivity (Wildman–Crippen MR) is 110 cm³/mol. The molecule has 0 aliphatic heterocycles. The molecule has 8 nitrogen and oxygen atoms in total. The van der Waals surface area contributed by atoms with Gasteiger partial charge < -0.3 is 0 Å². The molecule has 180 valence electrons. The van der Waals surface area contributed by atoms with Crippen LogP contribution in [0.15, 0.2) is 60.7 Å². The minimum absolute atomic E-state index is 0.0172. The summed E-state index contributed by atoms with van der Waals surface area (Å²) in [5.41, 5.74) is -4.93.